The molecule has 2 rings (SSSR count). The number of carbonyl (C=O) groups is 1. The molecule has 0 heterocycles. The van der Waals surface area contributed by atoms with Crippen molar-refractivity contribution in [3.63, 3.8) is 0 Å². The molecule has 64 valence electrons. The molecule has 0 amide bonds. The Hall–Kier alpha value is -0.850. The highest BCUT2D eigenvalue weighted by atomic mass is 16.1. The van der Waals surface area contributed by atoms with Crippen LogP contribution in [0.1, 0.15) is 32.6 Å². The minimum Gasteiger partial charge on any atom is -0.295 e. The molecular formula is C11H14O. The second kappa shape index (κ2) is 2.58. The molecule has 0 aromatic heterocycles. The topological polar surface area (TPSA) is 17.1 Å². The third-order valence-electron chi connectivity index (χ3n) is 3.10. The Kier molecular flexibility index (Phi) is 1.67. The summed E-state index contributed by atoms with van der Waals surface area (Å²) in [5, 5.41) is 0. The van der Waals surface area contributed by atoms with Gasteiger partial charge in [0.25, 0.3) is 0 Å². The molecule has 1 heteroatoms. The van der Waals surface area contributed by atoms with Crippen molar-refractivity contribution >= 4 is 5.78 Å². The Labute approximate surface area is 73.2 Å². The van der Waals surface area contributed by atoms with Gasteiger partial charge in [0, 0.05) is 6.42 Å². The van der Waals surface area contributed by atoms with Crippen molar-refractivity contribution in [2.75, 3.05) is 0 Å². The van der Waals surface area contributed by atoms with Gasteiger partial charge in [-0.25, -0.2) is 0 Å². The van der Waals surface area contributed by atoms with Gasteiger partial charge >= 0.3 is 0 Å². The van der Waals surface area contributed by atoms with E-state index in [2.05, 4.69) is 19.1 Å². The summed E-state index contributed by atoms with van der Waals surface area (Å²) in [4.78, 5) is 11.1. The van der Waals surface area contributed by atoms with Crippen molar-refractivity contribution in [3.8, 4) is 0 Å². The van der Waals surface area contributed by atoms with Crippen molar-refractivity contribution in [2.24, 2.45) is 5.41 Å². The van der Waals surface area contributed by atoms with Gasteiger partial charge in [0.2, 0.25) is 0 Å². The van der Waals surface area contributed by atoms with Gasteiger partial charge in [-0.1, -0.05) is 19.1 Å². The molecule has 0 aliphatic heterocycles. The van der Waals surface area contributed by atoms with E-state index in [-0.39, 0.29) is 0 Å². The molecule has 12 heavy (non-hydrogen) atoms. The zero-order chi connectivity index (χ0) is 8.60. The van der Waals surface area contributed by atoms with E-state index in [4.69, 9.17) is 0 Å². The van der Waals surface area contributed by atoms with E-state index >= 15 is 0 Å². The maximum absolute atomic E-state index is 11.1. The summed E-state index contributed by atoms with van der Waals surface area (Å²) in [5.41, 5.74) is 1.56. The second-order valence-corrected chi connectivity index (χ2v) is 4.07. The molecule has 0 aromatic carbocycles. The van der Waals surface area contributed by atoms with Gasteiger partial charge in [-0.15, -0.1) is 0 Å². The van der Waals surface area contributed by atoms with Gasteiger partial charge in [-0.05, 0) is 36.3 Å². The van der Waals surface area contributed by atoms with Gasteiger partial charge in [-0.3, -0.25) is 4.79 Å². The fourth-order valence-corrected chi connectivity index (χ4v) is 2.09. The molecular weight excluding hydrogens is 148 g/mol. The Balaban J connectivity index is 2.39. The lowest BCUT2D eigenvalue weighted by atomic mass is 9.68. The Morgan fingerprint density at radius 1 is 1.42 bits per heavy atom. The summed E-state index contributed by atoms with van der Waals surface area (Å²) in [5.74, 6) is 0.300. The van der Waals surface area contributed by atoms with Crippen LogP contribution in [-0.2, 0) is 4.79 Å². The third kappa shape index (κ3) is 1.13. The second-order valence-electron chi connectivity index (χ2n) is 4.07. The third-order valence-corrected chi connectivity index (χ3v) is 3.10. The lowest BCUT2D eigenvalue weighted by Gasteiger charge is -2.35. The normalized spacial score (nSPS) is 34.4. The maximum atomic E-state index is 11.1. The van der Waals surface area contributed by atoms with Crippen LogP contribution in [0, 0.1) is 5.41 Å². The average molecular weight is 162 g/mol. The molecule has 0 unspecified atom stereocenters. The summed E-state index contributed by atoms with van der Waals surface area (Å²) in [6.45, 7) is 2.27. The molecule has 0 spiro atoms. The largest absolute Gasteiger partial charge is 0.295 e. The monoisotopic (exact) mass is 162 g/mol. The van der Waals surface area contributed by atoms with E-state index in [1.165, 1.54) is 18.4 Å². The molecule has 0 saturated heterocycles. The molecule has 1 atom stereocenters. The van der Waals surface area contributed by atoms with Crippen LogP contribution in [-0.4, -0.2) is 5.78 Å². The smallest absolute Gasteiger partial charge is 0.156 e. The first kappa shape index (κ1) is 7.78. The minimum atomic E-state index is 0.300. The number of ketones is 1. The Morgan fingerprint density at radius 2 is 2.25 bits per heavy atom. The molecule has 0 aromatic rings. The molecule has 0 bridgehead atoms. The highest BCUT2D eigenvalue weighted by Crippen LogP contribution is 2.43. The van der Waals surface area contributed by atoms with E-state index in [0.717, 1.165) is 12.8 Å². The first-order chi connectivity index (χ1) is 5.71. The van der Waals surface area contributed by atoms with Gasteiger partial charge in [0.15, 0.2) is 5.78 Å². The number of hydrogen-bond donors (Lipinski definition) is 0. The maximum Gasteiger partial charge on any atom is 0.156 e. The first-order valence-electron chi connectivity index (χ1n) is 4.62. The molecule has 1 nitrogen and oxygen atoms in total. The van der Waals surface area contributed by atoms with Crippen LogP contribution in [0.5, 0.6) is 0 Å². The zero-order valence-corrected chi connectivity index (χ0v) is 7.47. The van der Waals surface area contributed by atoms with Gasteiger partial charge < -0.3 is 0 Å². The summed E-state index contributed by atoms with van der Waals surface area (Å²) in [7, 11) is 0. The fourth-order valence-electron chi connectivity index (χ4n) is 2.09. The zero-order valence-electron chi connectivity index (χ0n) is 7.47. The summed E-state index contributed by atoms with van der Waals surface area (Å²) >= 11 is 0. The van der Waals surface area contributed by atoms with Crippen molar-refractivity contribution < 1.29 is 4.79 Å². The highest BCUT2D eigenvalue weighted by molar-refractivity contribution is 5.92. The average Bonchev–Trinajstić information content (AvgIpc) is 2.06. The van der Waals surface area contributed by atoms with Crippen LogP contribution >= 0.6 is 0 Å². The quantitative estimate of drug-likeness (QED) is 0.535. The molecule has 0 fully saturated rings. The SMILES string of the molecule is C[C@@]12CCC=CC1=CC(=O)CC2. The Morgan fingerprint density at radius 3 is 3.08 bits per heavy atom. The molecule has 0 N–H and O–H groups in total. The van der Waals surface area contributed by atoms with E-state index in [0.29, 0.717) is 11.2 Å². The molecule has 2 aliphatic carbocycles. The molecule has 2 aliphatic rings. The standard InChI is InChI=1S/C11H14O/c1-11-6-3-2-4-9(11)8-10(12)5-7-11/h2,4,8H,3,5-7H2,1H3/t11-/m0/s1. The molecule has 0 radical (unpaired) electrons. The predicted molar refractivity (Wildman–Crippen MR) is 48.8 cm³/mol. The van der Waals surface area contributed by atoms with Crippen molar-refractivity contribution in [3.05, 3.63) is 23.8 Å². The van der Waals surface area contributed by atoms with E-state index < -0.39 is 0 Å². The van der Waals surface area contributed by atoms with Crippen LogP contribution in [0.4, 0.5) is 0 Å². The Bertz CT molecular complexity index is 273. The van der Waals surface area contributed by atoms with Gasteiger partial charge in [0.1, 0.15) is 0 Å². The van der Waals surface area contributed by atoms with Crippen LogP contribution in [0.2, 0.25) is 0 Å². The lowest BCUT2D eigenvalue weighted by Crippen LogP contribution is -2.26. The van der Waals surface area contributed by atoms with Gasteiger partial charge in [0.05, 0.1) is 0 Å². The highest BCUT2D eigenvalue weighted by Gasteiger charge is 2.32. The number of carbonyl (C=O) groups excluding carboxylic acids is 1. The fraction of sp³-hybridized carbons (Fsp3) is 0.545. The van der Waals surface area contributed by atoms with Crippen LogP contribution in [0.3, 0.4) is 0 Å². The van der Waals surface area contributed by atoms with Crippen molar-refractivity contribution in [1.29, 1.82) is 0 Å². The minimum absolute atomic E-state index is 0.300. The molecule has 0 saturated carbocycles. The van der Waals surface area contributed by atoms with Crippen molar-refractivity contribution in [1.82, 2.24) is 0 Å². The predicted octanol–water partition coefficient (Wildman–Crippen LogP) is 2.63. The number of hydrogen-bond acceptors (Lipinski definition) is 1. The van der Waals surface area contributed by atoms with E-state index in [9.17, 15) is 4.79 Å². The van der Waals surface area contributed by atoms with E-state index in [1.54, 1.807) is 0 Å². The summed E-state index contributed by atoms with van der Waals surface area (Å²) in [6, 6.07) is 0. The van der Waals surface area contributed by atoms with Crippen LogP contribution < -0.4 is 0 Å². The summed E-state index contributed by atoms with van der Waals surface area (Å²) in [6.07, 6.45) is 10.3. The summed E-state index contributed by atoms with van der Waals surface area (Å²) < 4.78 is 0. The van der Waals surface area contributed by atoms with Crippen LogP contribution in [0.15, 0.2) is 23.8 Å². The number of rotatable bonds is 0. The first-order valence-corrected chi connectivity index (χ1v) is 4.62. The van der Waals surface area contributed by atoms with Gasteiger partial charge in [-0.2, -0.15) is 0 Å². The van der Waals surface area contributed by atoms with Crippen LogP contribution in [0.25, 0.3) is 0 Å². The number of fused-ring (bicyclic) bond motifs is 1. The lowest BCUT2D eigenvalue weighted by molar-refractivity contribution is -0.115. The van der Waals surface area contributed by atoms with E-state index in [1.807, 2.05) is 6.08 Å². The van der Waals surface area contributed by atoms with Crippen molar-refractivity contribution in [2.45, 2.75) is 32.6 Å². The number of allylic oxidation sites excluding steroid dienone is 4.